The number of rotatable bonds is 0. The number of ketones is 1. The standard InChI is InChI=1S/C20H28O6/c1-9-10-4-5-11-18-8-26-20(25,19(11,14(9)22)15(10)23)16(24)13(18)17(2,3)7-6-12(18)21/h10-13,15-16,21,23-25H,1,4-8H2,2-3H3/t10-,11?,12-,13?,15+,16-,18+,19-,20?/m0/s1. The van der Waals surface area contributed by atoms with Crippen LogP contribution in [0.5, 0.6) is 0 Å². The number of ether oxygens (including phenoxy) is 1. The Hall–Kier alpha value is -0.790. The lowest BCUT2D eigenvalue weighted by atomic mass is 9.35. The summed E-state index contributed by atoms with van der Waals surface area (Å²) < 4.78 is 5.80. The summed E-state index contributed by atoms with van der Waals surface area (Å²) in [5, 5.41) is 45.1. The van der Waals surface area contributed by atoms with Gasteiger partial charge in [0.2, 0.25) is 5.79 Å². The van der Waals surface area contributed by atoms with Crippen molar-refractivity contribution in [1.82, 2.24) is 0 Å². The van der Waals surface area contributed by atoms with Crippen LogP contribution in [0.3, 0.4) is 0 Å². The van der Waals surface area contributed by atoms with E-state index in [0.29, 0.717) is 24.8 Å². The minimum Gasteiger partial charge on any atom is -0.392 e. The van der Waals surface area contributed by atoms with Crippen molar-refractivity contribution >= 4 is 5.78 Å². The molecule has 2 aliphatic heterocycles. The Bertz CT molecular complexity index is 717. The van der Waals surface area contributed by atoms with E-state index in [2.05, 4.69) is 6.58 Å². The van der Waals surface area contributed by atoms with Crippen molar-refractivity contribution in [2.45, 2.75) is 63.6 Å². The van der Waals surface area contributed by atoms with Crippen LogP contribution in [-0.4, -0.2) is 56.9 Å². The van der Waals surface area contributed by atoms with E-state index in [-0.39, 0.29) is 12.0 Å². The summed E-state index contributed by atoms with van der Waals surface area (Å²) in [4.78, 5) is 13.3. The van der Waals surface area contributed by atoms with Crippen molar-refractivity contribution in [3.8, 4) is 0 Å². The molecule has 0 aromatic rings. The van der Waals surface area contributed by atoms with E-state index in [1.807, 2.05) is 13.8 Å². The molecule has 2 saturated heterocycles. The first-order chi connectivity index (χ1) is 12.1. The largest absolute Gasteiger partial charge is 0.392 e. The van der Waals surface area contributed by atoms with Gasteiger partial charge in [-0.2, -0.15) is 0 Å². The van der Waals surface area contributed by atoms with Gasteiger partial charge in [0.1, 0.15) is 11.5 Å². The molecule has 4 bridgehead atoms. The predicted molar refractivity (Wildman–Crippen MR) is 90.7 cm³/mol. The molecule has 9 atom stereocenters. The van der Waals surface area contributed by atoms with Gasteiger partial charge in [-0.1, -0.05) is 20.4 Å². The maximum Gasteiger partial charge on any atom is 0.208 e. The zero-order valence-electron chi connectivity index (χ0n) is 15.3. The molecule has 0 aromatic carbocycles. The Balaban J connectivity index is 1.81. The Labute approximate surface area is 152 Å². The molecule has 6 rings (SSSR count). The average molecular weight is 364 g/mol. The summed E-state index contributed by atoms with van der Waals surface area (Å²) in [5.74, 6) is -3.80. The number of Topliss-reactive ketones (excluding diaryl/α,β-unsaturated/α-hetero) is 1. The molecule has 6 heteroatoms. The van der Waals surface area contributed by atoms with Crippen molar-refractivity contribution in [2.24, 2.45) is 34.0 Å². The van der Waals surface area contributed by atoms with E-state index in [1.54, 1.807) is 0 Å². The van der Waals surface area contributed by atoms with Crippen LogP contribution < -0.4 is 0 Å². The van der Waals surface area contributed by atoms with E-state index in [0.717, 1.165) is 6.42 Å². The lowest BCUT2D eigenvalue weighted by molar-refractivity contribution is -0.458. The second-order valence-electron chi connectivity index (χ2n) is 9.97. The van der Waals surface area contributed by atoms with Crippen LogP contribution in [0, 0.1) is 34.0 Å². The highest BCUT2D eigenvalue weighted by Crippen LogP contribution is 2.76. The summed E-state index contributed by atoms with van der Waals surface area (Å²) >= 11 is 0. The molecule has 0 aromatic heterocycles. The number of aliphatic hydroxyl groups excluding tert-OH is 3. The fourth-order valence-corrected chi connectivity index (χ4v) is 7.90. The first-order valence-corrected chi connectivity index (χ1v) is 9.71. The van der Waals surface area contributed by atoms with Gasteiger partial charge in [-0.05, 0) is 42.6 Å². The third-order valence-corrected chi connectivity index (χ3v) is 8.88. The first-order valence-electron chi connectivity index (χ1n) is 9.71. The first kappa shape index (κ1) is 17.3. The molecule has 4 aliphatic carbocycles. The molecular formula is C20H28O6. The van der Waals surface area contributed by atoms with Crippen molar-refractivity contribution in [2.75, 3.05) is 6.61 Å². The van der Waals surface area contributed by atoms with Crippen LogP contribution in [0.2, 0.25) is 0 Å². The highest BCUT2D eigenvalue weighted by molar-refractivity contribution is 6.05. The molecule has 0 amide bonds. The van der Waals surface area contributed by atoms with Gasteiger partial charge < -0.3 is 25.2 Å². The minimum absolute atomic E-state index is 0.0966. The van der Waals surface area contributed by atoms with E-state index in [1.165, 1.54) is 0 Å². The molecule has 144 valence electrons. The number of fused-ring (bicyclic) bond motifs is 2. The van der Waals surface area contributed by atoms with Crippen LogP contribution in [-0.2, 0) is 9.53 Å². The van der Waals surface area contributed by atoms with Crippen LogP contribution in [0.15, 0.2) is 12.2 Å². The van der Waals surface area contributed by atoms with E-state index < -0.39 is 58.5 Å². The predicted octanol–water partition coefficient (Wildman–Crippen LogP) is 0.376. The zero-order chi connectivity index (χ0) is 18.9. The summed E-state index contributed by atoms with van der Waals surface area (Å²) in [6, 6.07) is 0. The maximum absolute atomic E-state index is 13.3. The van der Waals surface area contributed by atoms with Crippen LogP contribution in [0.25, 0.3) is 0 Å². The Morgan fingerprint density at radius 1 is 1.12 bits per heavy atom. The third-order valence-electron chi connectivity index (χ3n) is 8.88. The maximum atomic E-state index is 13.3. The highest BCUT2D eigenvalue weighted by atomic mass is 16.6. The second-order valence-corrected chi connectivity index (χ2v) is 9.97. The van der Waals surface area contributed by atoms with E-state index in [9.17, 15) is 25.2 Å². The SMILES string of the molecule is C=C1C(=O)[C@@]23C(CC[C@@H]1[C@H]2O)[C@@]12COC3(O)[C@@H](O)C1C(C)(C)CC[C@@H]2O. The van der Waals surface area contributed by atoms with Gasteiger partial charge in [-0.25, -0.2) is 0 Å². The molecular weight excluding hydrogens is 336 g/mol. The van der Waals surface area contributed by atoms with Gasteiger partial charge in [0, 0.05) is 17.3 Å². The molecule has 6 fully saturated rings. The molecule has 2 heterocycles. The number of carbonyl (C=O) groups excluding carboxylic acids is 1. The monoisotopic (exact) mass is 364 g/mol. The third kappa shape index (κ3) is 1.41. The quantitative estimate of drug-likeness (QED) is 0.463. The number of hydrogen-bond acceptors (Lipinski definition) is 6. The van der Waals surface area contributed by atoms with Crippen LogP contribution in [0.1, 0.15) is 39.5 Å². The molecule has 4 N–H and O–H groups in total. The van der Waals surface area contributed by atoms with Gasteiger partial charge in [0.05, 0.1) is 18.8 Å². The number of carbonyl (C=O) groups is 1. The van der Waals surface area contributed by atoms with Crippen molar-refractivity contribution in [3.63, 3.8) is 0 Å². The molecule has 26 heavy (non-hydrogen) atoms. The summed E-state index contributed by atoms with van der Waals surface area (Å²) in [6.45, 7) is 8.07. The van der Waals surface area contributed by atoms with Gasteiger partial charge in [0.15, 0.2) is 5.78 Å². The highest BCUT2D eigenvalue weighted by Gasteiger charge is 2.86. The van der Waals surface area contributed by atoms with Crippen LogP contribution >= 0.6 is 0 Å². The summed E-state index contributed by atoms with van der Waals surface area (Å²) in [6.07, 6.45) is -0.747. The molecule has 6 aliphatic rings. The lowest BCUT2D eigenvalue weighted by Crippen LogP contribution is -2.85. The normalized spacial score (nSPS) is 59.9. The van der Waals surface area contributed by atoms with Crippen molar-refractivity contribution in [1.29, 1.82) is 0 Å². The number of hydrogen-bond donors (Lipinski definition) is 4. The van der Waals surface area contributed by atoms with Gasteiger partial charge in [-0.15, -0.1) is 0 Å². The van der Waals surface area contributed by atoms with Crippen LogP contribution in [0.4, 0.5) is 0 Å². The minimum atomic E-state index is -2.15. The Morgan fingerprint density at radius 3 is 2.50 bits per heavy atom. The van der Waals surface area contributed by atoms with E-state index in [4.69, 9.17) is 4.74 Å². The second kappa shape index (κ2) is 4.61. The molecule has 0 radical (unpaired) electrons. The summed E-state index contributed by atoms with van der Waals surface area (Å²) in [5.41, 5.74) is -2.49. The fourth-order valence-electron chi connectivity index (χ4n) is 7.90. The number of aliphatic hydroxyl groups is 4. The summed E-state index contributed by atoms with van der Waals surface area (Å²) in [7, 11) is 0. The Morgan fingerprint density at radius 2 is 1.81 bits per heavy atom. The average Bonchev–Trinajstić information content (AvgIpc) is 2.69. The van der Waals surface area contributed by atoms with Gasteiger partial charge in [0.25, 0.3) is 0 Å². The van der Waals surface area contributed by atoms with Crippen molar-refractivity contribution in [3.05, 3.63) is 12.2 Å². The molecule has 6 nitrogen and oxygen atoms in total. The van der Waals surface area contributed by atoms with Gasteiger partial charge in [-0.3, -0.25) is 4.79 Å². The topological polar surface area (TPSA) is 107 Å². The molecule has 3 unspecified atom stereocenters. The smallest absolute Gasteiger partial charge is 0.208 e. The lowest BCUT2D eigenvalue weighted by Gasteiger charge is -2.74. The van der Waals surface area contributed by atoms with Gasteiger partial charge >= 0.3 is 0 Å². The molecule has 4 saturated carbocycles. The molecule has 2 spiro atoms. The van der Waals surface area contributed by atoms with Crippen molar-refractivity contribution < 1.29 is 30.0 Å². The fraction of sp³-hybridized carbons (Fsp3) is 0.850. The zero-order valence-corrected chi connectivity index (χ0v) is 15.3. The Kier molecular flexibility index (Phi) is 3.07. The van der Waals surface area contributed by atoms with E-state index >= 15 is 0 Å².